The number of nitrogens with one attached hydrogen (secondary N) is 1. The highest BCUT2D eigenvalue weighted by atomic mass is 31.2. The molecule has 0 aliphatic carbocycles. The van der Waals surface area contributed by atoms with Crippen LogP contribution in [0.2, 0.25) is 0 Å². The molecule has 1 N–H and O–H groups in total. The van der Waals surface area contributed by atoms with Gasteiger partial charge in [0.1, 0.15) is 11.8 Å². The van der Waals surface area contributed by atoms with Crippen molar-refractivity contribution in [1.29, 1.82) is 0 Å². The number of para-hydroxylation sites is 1. The first-order valence-corrected chi connectivity index (χ1v) is 12.5. The minimum absolute atomic E-state index is 0.0281. The van der Waals surface area contributed by atoms with E-state index in [0.29, 0.717) is 6.42 Å². The highest BCUT2D eigenvalue weighted by molar-refractivity contribution is 7.52. The molecule has 0 fully saturated rings. The Balaban J connectivity index is 2.49. The summed E-state index contributed by atoms with van der Waals surface area (Å²) in [7, 11) is -4.98. The molecule has 0 saturated carbocycles. The first-order valence-electron chi connectivity index (χ1n) is 10.9. The van der Waals surface area contributed by atoms with Crippen LogP contribution in [-0.4, -0.2) is 18.1 Å². The number of esters is 1. The van der Waals surface area contributed by atoms with Crippen molar-refractivity contribution in [2.45, 2.75) is 59.1 Å². The summed E-state index contributed by atoms with van der Waals surface area (Å²) in [5.41, 5.74) is 0. The average molecular weight is 523 g/mol. The summed E-state index contributed by atoms with van der Waals surface area (Å²) in [4.78, 5) is 12.8. The van der Waals surface area contributed by atoms with Crippen LogP contribution < -0.4 is 14.1 Å². The van der Waals surface area contributed by atoms with E-state index in [1.54, 1.807) is 26.8 Å². The maximum Gasteiger partial charge on any atom is 0.513 e. The van der Waals surface area contributed by atoms with Crippen molar-refractivity contribution in [1.82, 2.24) is 5.09 Å². The van der Waals surface area contributed by atoms with Crippen molar-refractivity contribution < 1.29 is 45.1 Å². The predicted octanol–water partition coefficient (Wildman–Crippen LogP) is 6.68. The summed E-state index contributed by atoms with van der Waals surface area (Å²) >= 11 is 0. The van der Waals surface area contributed by atoms with Gasteiger partial charge in [-0.05, 0) is 37.8 Å². The van der Waals surface area contributed by atoms with Gasteiger partial charge in [-0.3, -0.25) is 4.79 Å². The Labute approximate surface area is 200 Å². The Morgan fingerprint density at radius 1 is 0.914 bits per heavy atom. The lowest BCUT2D eigenvalue weighted by Gasteiger charge is -2.27. The largest absolute Gasteiger partial charge is 0.513 e. The molecule has 0 heterocycles. The zero-order chi connectivity index (χ0) is 26.3. The molecular weight excluding hydrogens is 496 g/mol. The highest BCUT2D eigenvalue weighted by Crippen LogP contribution is 2.48. The van der Waals surface area contributed by atoms with Crippen molar-refractivity contribution in [3.8, 4) is 11.5 Å². The lowest BCUT2D eigenvalue weighted by Crippen LogP contribution is -2.40. The molecular formula is C23H27F5NO5P. The van der Waals surface area contributed by atoms with Gasteiger partial charge < -0.3 is 13.8 Å². The lowest BCUT2D eigenvalue weighted by atomic mass is 10.0. The van der Waals surface area contributed by atoms with E-state index in [2.05, 4.69) is 5.09 Å². The van der Waals surface area contributed by atoms with Crippen molar-refractivity contribution in [2.24, 2.45) is 5.92 Å². The Morgan fingerprint density at radius 3 is 1.97 bits per heavy atom. The summed E-state index contributed by atoms with van der Waals surface area (Å²) in [6, 6.07) is 5.81. The van der Waals surface area contributed by atoms with Crippen LogP contribution in [0.3, 0.4) is 0 Å². The molecule has 0 radical (unpaired) electrons. The van der Waals surface area contributed by atoms with Crippen molar-refractivity contribution >= 4 is 13.7 Å². The van der Waals surface area contributed by atoms with Gasteiger partial charge in [-0.25, -0.2) is 17.7 Å². The standard InChI is InChI=1S/C23H27F5NO5P/c1-5-9-14(4)32-23(30)16(12-13(2)3)29-35(31,33-15-10-7-6-8-11-15)34-22-20(27)18(25)17(24)19(26)21(22)28/h6-8,10-11,13-14,16H,5,9,12H2,1-4H3,(H,29,31)/t14-,16-,35?/m0/s1. The smallest absolute Gasteiger partial charge is 0.462 e. The predicted molar refractivity (Wildman–Crippen MR) is 118 cm³/mol. The number of halogens is 5. The number of ether oxygens (including phenoxy) is 1. The van der Waals surface area contributed by atoms with Crippen LogP contribution in [0.4, 0.5) is 22.0 Å². The van der Waals surface area contributed by atoms with E-state index in [4.69, 9.17) is 13.8 Å². The van der Waals surface area contributed by atoms with E-state index in [-0.39, 0.29) is 18.1 Å². The summed E-state index contributed by atoms with van der Waals surface area (Å²) in [5, 5.41) is 2.28. The monoisotopic (exact) mass is 523 g/mol. The number of hydrogen-bond donors (Lipinski definition) is 1. The van der Waals surface area contributed by atoms with Crippen LogP contribution in [0, 0.1) is 35.0 Å². The third kappa shape index (κ3) is 7.67. The first kappa shape index (κ1) is 28.6. The zero-order valence-corrected chi connectivity index (χ0v) is 20.5. The summed E-state index contributed by atoms with van der Waals surface area (Å²) in [5.74, 6) is -14.6. The van der Waals surface area contributed by atoms with Crippen LogP contribution in [0.1, 0.15) is 47.0 Å². The normalized spacial score (nSPS) is 14.8. The van der Waals surface area contributed by atoms with Crippen LogP contribution in [0.15, 0.2) is 30.3 Å². The lowest BCUT2D eigenvalue weighted by molar-refractivity contribution is -0.151. The van der Waals surface area contributed by atoms with Gasteiger partial charge in [0.25, 0.3) is 0 Å². The number of benzene rings is 2. The second-order valence-electron chi connectivity index (χ2n) is 8.24. The first-order chi connectivity index (χ1) is 16.4. The molecule has 0 aliphatic heterocycles. The Hall–Kier alpha value is -2.65. The second-order valence-corrected chi connectivity index (χ2v) is 9.86. The molecule has 0 spiro atoms. The van der Waals surface area contributed by atoms with Crippen LogP contribution >= 0.6 is 7.75 Å². The third-order valence-corrected chi connectivity index (χ3v) is 6.17. The van der Waals surface area contributed by atoms with E-state index in [1.807, 2.05) is 6.92 Å². The molecule has 2 aromatic rings. The summed E-state index contributed by atoms with van der Waals surface area (Å²) < 4.78 is 98.6. The molecule has 12 heteroatoms. The number of carbonyl (C=O) groups is 1. The minimum Gasteiger partial charge on any atom is -0.462 e. The SMILES string of the molecule is CCC[C@H](C)OC(=O)[C@H](CC(C)C)NP(=O)(Oc1ccccc1)Oc1c(F)c(F)c(F)c(F)c1F. The van der Waals surface area contributed by atoms with Gasteiger partial charge in [-0.15, -0.1) is 0 Å². The van der Waals surface area contributed by atoms with Crippen LogP contribution in [0.5, 0.6) is 11.5 Å². The summed E-state index contributed by atoms with van der Waals surface area (Å²) in [6.07, 6.45) is 0.796. The van der Waals surface area contributed by atoms with E-state index in [9.17, 15) is 31.3 Å². The third-order valence-electron chi connectivity index (χ3n) is 4.67. The topological polar surface area (TPSA) is 73.9 Å². The van der Waals surface area contributed by atoms with E-state index < -0.39 is 60.7 Å². The molecule has 0 aromatic heterocycles. The molecule has 1 unspecified atom stereocenters. The van der Waals surface area contributed by atoms with Crippen molar-refractivity contribution in [2.75, 3.05) is 0 Å². The number of rotatable bonds is 12. The minimum atomic E-state index is -4.98. The second kappa shape index (κ2) is 12.4. The molecule has 2 rings (SSSR count). The van der Waals surface area contributed by atoms with Gasteiger partial charge in [0.05, 0.1) is 6.10 Å². The molecule has 0 aliphatic rings. The average Bonchev–Trinajstić information content (AvgIpc) is 2.79. The Kier molecular flexibility index (Phi) is 10.1. The van der Waals surface area contributed by atoms with Gasteiger partial charge >= 0.3 is 13.7 Å². The molecule has 3 atom stereocenters. The maximum atomic E-state index is 14.3. The molecule has 0 saturated heterocycles. The van der Waals surface area contributed by atoms with Crippen molar-refractivity contribution in [3.05, 3.63) is 59.4 Å². The fourth-order valence-electron chi connectivity index (χ4n) is 3.09. The summed E-state index contributed by atoms with van der Waals surface area (Å²) in [6.45, 7) is 7.02. The fourth-order valence-corrected chi connectivity index (χ4v) is 4.62. The fraction of sp³-hybridized carbons (Fsp3) is 0.435. The van der Waals surface area contributed by atoms with E-state index in [0.717, 1.165) is 6.42 Å². The van der Waals surface area contributed by atoms with Gasteiger partial charge in [0, 0.05) is 0 Å². The van der Waals surface area contributed by atoms with Gasteiger partial charge in [0.15, 0.2) is 0 Å². The number of carbonyl (C=O) groups excluding carboxylic acids is 1. The molecule has 2 aromatic carbocycles. The highest BCUT2D eigenvalue weighted by Gasteiger charge is 2.40. The zero-order valence-electron chi connectivity index (χ0n) is 19.6. The Morgan fingerprint density at radius 2 is 1.46 bits per heavy atom. The van der Waals surface area contributed by atoms with Gasteiger partial charge in [-0.1, -0.05) is 45.4 Å². The van der Waals surface area contributed by atoms with Crippen LogP contribution in [0.25, 0.3) is 0 Å². The molecule has 0 bridgehead atoms. The molecule has 194 valence electrons. The quantitative estimate of drug-likeness (QED) is 0.110. The van der Waals surface area contributed by atoms with E-state index in [1.165, 1.54) is 24.3 Å². The maximum absolute atomic E-state index is 14.3. The molecule has 0 amide bonds. The molecule has 6 nitrogen and oxygen atoms in total. The van der Waals surface area contributed by atoms with Crippen LogP contribution in [-0.2, 0) is 14.1 Å². The van der Waals surface area contributed by atoms with Gasteiger partial charge in [0.2, 0.25) is 34.8 Å². The van der Waals surface area contributed by atoms with Crippen molar-refractivity contribution in [3.63, 3.8) is 0 Å². The molecule has 35 heavy (non-hydrogen) atoms. The Bertz CT molecular complexity index is 1040. The van der Waals surface area contributed by atoms with E-state index >= 15 is 0 Å². The number of hydrogen-bond acceptors (Lipinski definition) is 5. The van der Waals surface area contributed by atoms with Gasteiger partial charge in [-0.2, -0.15) is 13.9 Å².